The van der Waals surface area contributed by atoms with Crippen LogP contribution in [0.2, 0.25) is 0 Å². The number of nitrogens with two attached hydrogens (primary N) is 2. The molecule has 0 spiro atoms. The van der Waals surface area contributed by atoms with Crippen LogP contribution in [-0.4, -0.2) is 47.6 Å². The summed E-state index contributed by atoms with van der Waals surface area (Å²) in [6.45, 7) is 6.50. The van der Waals surface area contributed by atoms with Crippen molar-refractivity contribution >= 4 is 11.8 Å². The third-order valence-electron chi connectivity index (χ3n) is 6.10. The molecule has 1 unspecified atom stereocenters. The Bertz CT molecular complexity index is 905. The first kappa shape index (κ1) is 26.7. The van der Waals surface area contributed by atoms with Crippen LogP contribution in [0, 0.1) is 23.0 Å². The van der Waals surface area contributed by atoms with E-state index < -0.39 is 35.0 Å². The van der Waals surface area contributed by atoms with Crippen molar-refractivity contribution in [1.29, 1.82) is 0 Å². The molecule has 8 heteroatoms. The van der Waals surface area contributed by atoms with Crippen molar-refractivity contribution in [3.8, 4) is 0 Å². The van der Waals surface area contributed by atoms with Crippen molar-refractivity contribution in [3.63, 3.8) is 0 Å². The number of halogens is 2. The SMILES string of the molecule is CCCN(CCC)C(=O)C1([C@H](Cc2cc(F)cc(F)c2)[C@@H](O)CN)C=C(C)C=C(C(N)=O)C1. The van der Waals surface area contributed by atoms with E-state index in [9.17, 15) is 23.5 Å². The fraction of sp³-hybridized carbons (Fsp3) is 0.520. The Hall–Kier alpha value is -2.58. The molecule has 6 nitrogen and oxygen atoms in total. The first-order valence-electron chi connectivity index (χ1n) is 11.4. The maximum atomic E-state index is 14.1. The van der Waals surface area contributed by atoms with Crippen molar-refractivity contribution in [2.75, 3.05) is 19.6 Å². The molecule has 1 aliphatic carbocycles. The lowest BCUT2D eigenvalue weighted by molar-refractivity contribution is -0.145. The van der Waals surface area contributed by atoms with E-state index in [0.717, 1.165) is 18.9 Å². The number of amides is 2. The molecule has 0 bridgehead atoms. The molecule has 3 atom stereocenters. The van der Waals surface area contributed by atoms with Crippen molar-refractivity contribution in [3.05, 3.63) is 58.7 Å². The molecule has 1 aromatic rings. The second-order valence-corrected chi connectivity index (χ2v) is 8.82. The monoisotopic (exact) mass is 463 g/mol. The van der Waals surface area contributed by atoms with E-state index in [1.54, 1.807) is 24.0 Å². The molecule has 0 saturated heterocycles. The quantitative estimate of drug-likeness (QED) is 0.469. The van der Waals surface area contributed by atoms with Crippen LogP contribution in [0.1, 0.15) is 45.6 Å². The summed E-state index contributed by atoms with van der Waals surface area (Å²) in [7, 11) is 0. The van der Waals surface area contributed by atoms with Gasteiger partial charge in [0, 0.05) is 37.2 Å². The number of allylic oxidation sites excluding steroid dienone is 2. The van der Waals surface area contributed by atoms with E-state index in [-0.39, 0.29) is 36.4 Å². The van der Waals surface area contributed by atoms with Gasteiger partial charge in [-0.25, -0.2) is 8.78 Å². The Morgan fingerprint density at radius 3 is 2.21 bits per heavy atom. The number of aliphatic hydroxyl groups is 1. The summed E-state index contributed by atoms with van der Waals surface area (Å²) >= 11 is 0. The number of hydrogen-bond donors (Lipinski definition) is 3. The summed E-state index contributed by atoms with van der Waals surface area (Å²) in [5, 5.41) is 11.0. The van der Waals surface area contributed by atoms with Crippen LogP contribution in [0.3, 0.4) is 0 Å². The Morgan fingerprint density at radius 1 is 1.15 bits per heavy atom. The number of carbonyl (C=O) groups excluding carboxylic acids is 2. The lowest BCUT2D eigenvalue weighted by Gasteiger charge is -2.44. The molecule has 2 rings (SSSR count). The molecule has 33 heavy (non-hydrogen) atoms. The van der Waals surface area contributed by atoms with E-state index in [1.165, 1.54) is 12.1 Å². The third kappa shape index (κ3) is 6.26. The first-order valence-corrected chi connectivity index (χ1v) is 11.4. The standard InChI is InChI=1S/C25H35F2N3O3/c1-4-6-30(7-5-2)24(33)25(13-16(3)8-18(14-25)23(29)32)21(22(31)15-28)11-17-9-19(26)12-20(27)10-17/h8-10,12-13,21-22,31H,4-7,11,14-15,28H2,1-3H3,(H2,29,32)/t21-,22+,25?/m1/s1. The van der Waals surface area contributed by atoms with Gasteiger partial charge in [-0.1, -0.05) is 31.6 Å². The van der Waals surface area contributed by atoms with Crippen LogP contribution < -0.4 is 11.5 Å². The average Bonchev–Trinajstić information content (AvgIpc) is 2.75. The predicted molar refractivity (Wildman–Crippen MR) is 124 cm³/mol. The fourth-order valence-electron chi connectivity index (χ4n) is 4.79. The molecule has 5 N–H and O–H groups in total. The van der Waals surface area contributed by atoms with Crippen LogP contribution in [0.25, 0.3) is 0 Å². The molecule has 182 valence electrons. The van der Waals surface area contributed by atoms with E-state index >= 15 is 0 Å². The predicted octanol–water partition coefficient (Wildman–Crippen LogP) is 2.84. The van der Waals surface area contributed by atoms with Gasteiger partial charge in [-0.05, 0) is 50.3 Å². The van der Waals surface area contributed by atoms with E-state index in [1.807, 2.05) is 13.8 Å². The molecule has 1 aromatic carbocycles. The summed E-state index contributed by atoms with van der Waals surface area (Å²) in [5.41, 5.74) is 11.3. The van der Waals surface area contributed by atoms with Crippen LogP contribution in [0.5, 0.6) is 0 Å². The minimum absolute atomic E-state index is 0.0132. The van der Waals surface area contributed by atoms with E-state index in [0.29, 0.717) is 18.7 Å². The fourth-order valence-corrected chi connectivity index (χ4v) is 4.79. The number of primary amides is 1. The van der Waals surface area contributed by atoms with Gasteiger partial charge >= 0.3 is 0 Å². The van der Waals surface area contributed by atoms with Gasteiger partial charge in [0.15, 0.2) is 0 Å². The van der Waals surface area contributed by atoms with Crippen LogP contribution in [-0.2, 0) is 16.0 Å². The van der Waals surface area contributed by atoms with Gasteiger partial charge in [0.1, 0.15) is 11.6 Å². The van der Waals surface area contributed by atoms with Gasteiger partial charge < -0.3 is 21.5 Å². The highest BCUT2D eigenvalue weighted by atomic mass is 19.1. The van der Waals surface area contributed by atoms with Crippen molar-refractivity contribution in [2.45, 2.75) is 52.6 Å². The summed E-state index contributed by atoms with van der Waals surface area (Å²) in [6.07, 6.45) is 3.62. The van der Waals surface area contributed by atoms with Gasteiger partial charge in [0.05, 0.1) is 11.5 Å². The largest absolute Gasteiger partial charge is 0.391 e. The Balaban J connectivity index is 2.69. The van der Waals surface area contributed by atoms with Crippen LogP contribution >= 0.6 is 0 Å². The number of nitrogens with zero attached hydrogens (tertiary/aromatic N) is 1. The molecule has 0 saturated carbocycles. The normalized spacial score (nSPS) is 20.0. The Kier molecular flexibility index (Phi) is 9.31. The topological polar surface area (TPSA) is 110 Å². The molecule has 0 heterocycles. The van der Waals surface area contributed by atoms with Crippen LogP contribution in [0.4, 0.5) is 8.78 Å². The van der Waals surface area contributed by atoms with Crippen molar-refractivity contribution in [2.24, 2.45) is 22.8 Å². The molecule has 1 aliphatic rings. The second kappa shape index (κ2) is 11.5. The molecular weight excluding hydrogens is 428 g/mol. The van der Waals surface area contributed by atoms with Gasteiger partial charge in [0.25, 0.3) is 0 Å². The van der Waals surface area contributed by atoms with E-state index in [4.69, 9.17) is 11.5 Å². The molecular formula is C25H35F2N3O3. The number of benzene rings is 1. The highest BCUT2D eigenvalue weighted by Crippen LogP contribution is 2.45. The third-order valence-corrected chi connectivity index (χ3v) is 6.10. The average molecular weight is 464 g/mol. The Labute approximate surface area is 194 Å². The molecule has 2 amide bonds. The number of rotatable bonds is 11. The van der Waals surface area contributed by atoms with Crippen LogP contribution in [0.15, 0.2) is 41.5 Å². The summed E-state index contributed by atoms with van der Waals surface area (Å²) < 4.78 is 27.9. The lowest BCUT2D eigenvalue weighted by Crippen LogP contribution is -2.54. The summed E-state index contributed by atoms with van der Waals surface area (Å²) in [5.74, 6) is -3.26. The van der Waals surface area contributed by atoms with Gasteiger partial charge in [-0.3, -0.25) is 9.59 Å². The summed E-state index contributed by atoms with van der Waals surface area (Å²) in [6, 6.07) is 3.12. The molecule has 0 aliphatic heterocycles. The first-order chi connectivity index (χ1) is 15.6. The highest BCUT2D eigenvalue weighted by Gasteiger charge is 2.50. The van der Waals surface area contributed by atoms with Crippen molar-refractivity contribution < 1.29 is 23.5 Å². The number of carbonyl (C=O) groups is 2. The number of hydrogen-bond acceptors (Lipinski definition) is 4. The second-order valence-electron chi connectivity index (χ2n) is 8.82. The van der Waals surface area contributed by atoms with Gasteiger partial charge in [-0.15, -0.1) is 0 Å². The maximum absolute atomic E-state index is 14.1. The molecule has 0 radical (unpaired) electrons. The summed E-state index contributed by atoms with van der Waals surface area (Å²) in [4.78, 5) is 28.0. The van der Waals surface area contributed by atoms with Gasteiger partial charge in [0.2, 0.25) is 11.8 Å². The zero-order chi connectivity index (χ0) is 24.8. The zero-order valence-electron chi connectivity index (χ0n) is 19.6. The lowest BCUT2D eigenvalue weighted by atomic mass is 9.63. The molecule has 0 fully saturated rings. The van der Waals surface area contributed by atoms with Gasteiger partial charge in [-0.2, -0.15) is 0 Å². The van der Waals surface area contributed by atoms with Crippen molar-refractivity contribution in [1.82, 2.24) is 4.90 Å². The minimum Gasteiger partial charge on any atom is -0.391 e. The minimum atomic E-state index is -1.35. The molecule has 0 aromatic heterocycles. The smallest absolute Gasteiger partial charge is 0.244 e. The maximum Gasteiger partial charge on any atom is 0.244 e. The highest BCUT2D eigenvalue weighted by molar-refractivity contribution is 5.96. The Morgan fingerprint density at radius 2 is 1.73 bits per heavy atom. The number of aliphatic hydroxyl groups excluding tert-OH is 1. The zero-order valence-corrected chi connectivity index (χ0v) is 19.6. The van der Waals surface area contributed by atoms with E-state index in [2.05, 4.69) is 0 Å².